The molecule has 25 heavy (non-hydrogen) atoms. The smallest absolute Gasteiger partial charge is 0.170 e. The first-order valence-electron chi connectivity index (χ1n) is 8.32. The van der Waals surface area contributed by atoms with Crippen LogP contribution in [0.5, 0.6) is 5.75 Å². The van der Waals surface area contributed by atoms with Crippen LogP contribution in [0.1, 0.15) is 22.7 Å². The van der Waals surface area contributed by atoms with Crippen molar-refractivity contribution >= 4 is 23.0 Å². The Bertz CT molecular complexity index is 710. The normalized spacial score (nSPS) is 11.9. The van der Waals surface area contributed by atoms with Crippen LogP contribution in [0.15, 0.2) is 42.5 Å². The fourth-order valence-corrected chi connectivity index (χ4v) is 3.06. The Morgan fingerprint density at radius 3 is 2.40 bits per heavy atom. The molecule has 0 aromatic heterocycles. The summed E-state index contributed by atoms with van der Waals surface area (Å²) in [6.45, 7) is 4.87. The molecule has 0 fully saturated rings. The van der Waals surface area contributed by atoms with Gasteiger partial charge in [0.25, 0.3) is 0 Å². The lowest BCUT2D eigenvalue weighted by atomic mass is 10.1. The Hall–Kier alpha value is -2.11. The van der Waals surface area contributed by atoms with Crippen LogP contribution in [-0.2, 0) is 0 Å². The van der Waals surface area contributed by atoms with Gasteiger partial charge in [0.2, 0.25) is 0 Å². The van der Waals surface area contributed by atoms with Gasteiger partial charge in [0, 0.05) is 12.2 Å². The van der Waals surface area contributed by atoms with Gasteiger partial charge >= 0.3 is 0 Å². The summed E-state index contributed by atoms with van der Waals surface area (Å²) < 4.78 is 5.33. The molecular weight excluding hydrogens is 330 g/mol. The lowest BCUT2D eigenvalue weighted by Crippen LogP contribution is -2.36. The average molecular weight is 358 g/mol. The van der Waals surface area contributed by atoms with E-state index in [1.165, 1.54) is 16.7 Å². The standard InChI is InChI=1S/C20H27N3OS/c1-14-9-15(2)11-17(10-14)22-20(25)21-13-19(23(3)4)16-7-6-8-18(12-16)24-5/h6-12,19H,13H2,1-5H3,(H2,21,22,25)/t19-/m0/s1. The number of methoxy groups -OCH3 is 1. The first kappa shape index (κ1) is 19.2. The third kappa shape index (κ3) is 5.73. The fraction of sp³-hybridized carbons (Fsp3) is 0.350. The van der Waals surface area contributed by atoms with Crippen LogP contribution in [0.2, 0.25) is 0 Å². The Labute approximate surface area is 156 Å². The highest BCUT2D eigenvalue weighted by Crippen LogP contribution is 2.22. The Kier molecular flexibility index (Phi) is 6.79. The third-order valence-electron chi connectivity index (χ3n) is 4.04. The molecule has 0 radical (unpaired) electrons. The molecule has 2 aromatic rings. The van der Waals surface area contributed by atoms with Crippen molar-refractivity contribution in [1.29, 1.82) is 0 Å². The summed E-state index contributed by atoms with van der Waals surface area (Å²) in [5, 5.41) is 7.22. The van der Waals surface area contributed by atoms with E-state index in [2.05, 4.69) is 73.8 Å². The molecular formula is C20H27N3OS. The SMILES string of the molecule is COc1cccc([C@H](CNC(=S)Nc2cc(C)cc(C)c2)N(C)C)c1. The second-order valence-corrected chi connectivity index (χ2v) is 6.88. The molecule has 0 saturated heterocycles. The number of thiocarbonyl (C=S) groups is 1. The molecule has 5 heteroatoms. The maximum Gasteiger partial charge on any atom is 0.170 e. The topological polar surface area (TPSA) is 36.5 Å². The molecule has 2 rings (SSSR count). The van der Waals surface area contributed by atoms with E-state index in [4.69, 9.17) is 17.0 Å². The number of hydrogen-bond donors (Lipinski definition) is 2. The number of rotatable bonds is 6. The zero-order valence-corrected chi connectivity index (χ0v) is 16.4. The largest absolute Gasteiger partial charge is 0.497 e. The summed E-state index contributed by atoms with van der Waals surface area (Å²) in [6.07, 6.45) is 0. The monoisotopic (exact) mass is 357 g/mol. The van der Waals surface area contributed by atoms with Crippen molar-refractivity contribution < 1.29 is 4.74 Å². The van der Waals surface area contributed by atoms with Gasteiger partial charge in [-0.1, -0.05) is 18.2 Å². The summed E-state index contributed by atoms with van der Waals surface area (Å²) in [7, 11) is 5.81. The second-order valence-electron chi connectivity index (χ2n) is 6.47. The van der Waals surface area contributed by atoms with Gasteiger partial charge in [0.1, 0.15) is 5.75 Å². The van der Waals surface area contributed by atoms with Crippen molar-refractivity contribution in [2.75, 3.05) is 33.1 Å². The van der Waals surface area contributed by atoms with Crippen LogP contribution >= 0.6 is 12.2 Å². The van der Waals surface area contributed by atoms with Crippen molar-refractivity contribution in [1.82, 2.24) is 10.2 Å². The summed E-state index contributed by atoms with van der Waals surface area (Å²) in [4.78, 5) is 2.17. The van der Waals surface area contributed by atoms with Crippen LogP contribution in [0, 0.1) is 13.8 Å². The molecule has 1 atom stereocenters. The van der Waals surface area contributed by atoms with Gasteiger partial charge in [-0.25, -0.2) is 0 Å². The molecule has 0 aliphatic heterocycles. The lowest BCUT2D eigenvalue weighted by Gasteiger charge is -2.26. The minimum atomic E-state index is 0.189. The van der Waals surface area contributed by atoms with Crippen molar-refractivity contribution in [3.63, 3.8) is 0 Å². The van der Waals surface area contributed by atoms with Crippen molar-refractivity contribution in [2.45, 2.75) is 19.9 Å². The second kappa shape index (κ2) is 8.83. The van der Waals surface area contributed by atoms with Gasteiger partial charge in [-0.05, 0) is 81.1 Å². The number of anilines is 1. The quantitative estimate of drug-likeness (QED) is 0.767. The summed E-state index contributed by atoms with van der Waals surface area (Å²) in [5.41, 5.74) is 4.63. The molecule has 0 heterocycles. The number of nitrogens with zero attached hydrogens (tertiary/aromatic N) is 1. The van der Waals surface area contributed by atoms with Crippen molar-refractivity contribution in [2.24, 2.45) is 0 Å². The van der Waals surface area contributed by atoms with Crippen LogP contribution in [0.25, 0.3) is 0 Å². The molecule has 0 saturated carbocycles. The number of ether oxygens (including phenoxy) is 1. The Balaban J connectivity index is 2.01. The highest BCUT2D eigenvalue weighted by Gasteiger charge is 2.15. The van der Waals surface area contributed by atoms with E-state index in [9.17, 15) is 0 Å². The molecule has 0 amide bonds. The van der Waals surface area contributed by atoms with Gasteiger partial charge in [-0.15, -0.1) is 0 Å². The molecule has 0 spiro atoms. The molecule has 0 bridgehead atoms. The number of aryl methyl sites for hydroxylation is 2. The van der Waals surface area contributed by atoms with Crippen LogP contribution in [0.3, 0.4) is 0 Å². The summed E-state index contributed by atoms with van der Waals surface area (Å²) in [6, 6.07) is 14.6. The number of likely N-dealkylation sites (N-methyl/N-ethyl adjacent to an activating group) is 1. The van der Waals surface area contributed by atoms with Crippen LogP contribution in [-0.4, -0.2) is 37.8 Å². The van der Waals surface area contributed by atoms with E-state index < -0.39 is 0 Å². The van der Waals surface area contributed by atoms with Crippen LogP contribution in [0.4, 0.5) is 5.69 Å². The minimum absolute atomic E-state index is 0.189. The predicted octanol–water partition coefficient (Wildman–Crippen LogP) is 3.90. The van der Waals surface area contributed by atoms with Gasteiger partial charge < -0.3 is 20.3 Å². The zero-order chi connectivity index (χ0) is 18.4. The summed E-state index contributed by atoms with van der Waals surface area (Å²) >= 11 is 5.46. The van der Waals surface area contributed by atoms with E-state index in [-0.39, 0.29) is 6.04 Å². The van der Waals surface area contributed by atoms with Gasteiger partial charge in [-0.3, -0.25) is 0 Å². The first-order valence-corrected chi connectivity index (χ1v) is 8.73. The lowest BCUT2D eigenvalue weighted by molar-refractivity contribution is 0.298. The predicted molar refractivity (Wildman–Crippen MR) is 110 cm³/mol. The van der Waals surface area contributed by atoms with Gasteiger partial charge in [0.05, 0.1) is 13.2 Å². The van der Waals surface area contributed by atoms with Crippen molar-refractivity contribution in [3.05, 3.63) is 59.2 Å². The molecule has 0 unspecified atom stereocenters. The molecule has 2 N–H and O–H groups in total. The number of nitrogens with one attached hydrogen (secondary N) is 2. The molecule has 0 aliphatic rings. The van der Waals surface area contributed by atoms with E-state index in [0.29, 0.717) is 11.7 Å². The maximum absolute atomic E-state index is 5.46. The van der Waals surface area contributed by atoms with Crippen LogP contribution < -0.4 is 15.4 Å². The molecule has 2 aromatic carbocycles. The Morgan fingerprint density at radius 1 is 1.12 bits per heavy atom. The number of benzene rings is 2. The van der Waals surface area contributed by atoms with E-state index in [1.807, 2.05) is 12.1 Å². The fourth-order valence-electron chi connectivity index (χ4n) is 2.86. The zero-order valence-electron chi connectivity index (χ0n) is 15.6. The van der Waals surface area contributed by atoms with E-state index >= 15 is 0 Å². The van der Waals surface area contributed by atoms with Gasteiger partial charge in [-0.2, -0.15) is 0 Å². The molecule has 0 aliphatic carbocycles. The van der Waals surface area contributed by atoms with E-state index in [1.54, 1.807) is 7.11 Å². The highest BCUT2D eigenvalue weighted by molar-refractivity contribution is 7.80. The molecule has 134 valence electrons. The molecule has 4 nitrogen and oxygen atoms in total. The summed E-state index contributed by atoms with van der Waals surface area (Å²) in [5.74, 6) is 0.861. The van der Waals surface area contributed by atoms with Crippen molar-refractivity contribution in [3.8, 4) is 5.75 Å². The Morgan fingerprint density at radius 2 is 1.80 bits per heavy atom. The average Bonchev–Trinajstić information content (AvgIpc) is 2.54. The maximum atomic E-state index is 5.46. The highest BCUT2D eigenvalue weighted by atomic mass is 32.1. The number of hydrogen-bond acceptors (Lipinski definition) is 3. The van der Waals surface area contributed by atoms with E-state index in [0.717, 1.165) is 11.4 Å². The van der Waals surface area contributed by atoms with Gasteiger partial charge in [0.15, 0.2) is 5.11 Å². The minimum Gasteiger partial charge on any atom is -0.497 e. The first-order chi connectivity index (χ1) is 11.9. The third-order valence-corrected chi connectivity index (χ3v) is 4.28.